The van der Waals surface area contributed by atoms with E-state index in [4.69, 9.17) is 0 Å². The van der Waals surface area contributed by atoms with Crippen molar-refractivity contribution in [1.29, 1.82) is 0 Å². The van der Waals surface area contributed by atoms with Gasteiger partial charge in [-0.1, -0.05) is 0 Å². The molecule has 0 aliphatic heterocycles. The van der Waals surface area contributed by atoms with Crippen molar-refractivity contribution in [3.8, 4) is 0 Å². The minimum Gasteiger partial charge on any atom is -0.379 e. The smallest absolute Gasteiger partial charge is 0.234 e. The lowest BCUT2D eigenvalue weighted by molar-refractivity contribution is -0.106. The van der Waals surface area contributed by atoms with Gasteiger partial charge in [-0.2, -0.15) is 0 Å². The molecule has 0 spiro atoms. The van der Waals surface area contributed by atoms with Gasteiger partial charge < -0.3 is 5.32 Å². The molecule has 0 radical (unpaired) electrons. The zero-order valence-corrected chi connectivity index (χ0v) is 3.51. The van der Waals surface area contributed by atoms with Crippen LogP contribution in [0.5, 0.6) is 0 Å². The lowest BCUT2D eigenvalue weighted by Gasteiger charge is -1.73. The number of carbonyl (C=O) groups excluding carboxylic acids is 1. The molecule has 0 fully saturated rings. The van der Waals surface area contributed by atoms with Crippen LogP contribution in [0.1, 0.15) is 0 Å². The monoisotopic (exact) mass is 86.0 g/mol. The molecular weight excluding hydrogens is 80.0 g/mol. The minimum atomic E-state index is 0.469. The summed E-state index contributed by atoms with van der Waals surface area (Å²) in [7, 11) is 1.67. The van der Waals surface area contributed by atoms with Crippen LogP contribution >= 0.6 is 0 Å². The van der Waals surface area contributed by atoms with E-state index in [9.17, 15) is 4.79 Å². The third-order valence-electron chi connectivity index (χ3n) is 0.264. The maximum absolute atomic E-state index is 9.33. The second-order valence-electron chi connectivity index (χ2n) is 0.672. The second-order valence-corrected chi connectivity index (χ2v) is 0.672. The normalized spacial score (nSPS) is 8.83. The highest BCUT2D eigenvalue weighted by Gasteiger charge is 1.54. The molecule has 1 N–H and O–H groups in total. The van der Waals surface area contributed by atoms with Gasteiger partial charge in [0.15, 0.2) is 0 Å². The molecular formula is C3H6N2O. The Morgan fingerprint density at radius 3 is 2.67 bits per heavy atom. The fraction of sp³-hybridized carbons (Fsp3) is 0.333. The summed E-state index contributed by atoms with van der Waals surface area (Å²) in [5, 5.41) is 2.55. The molecule has 0 bridgehead atoms. The molecule has 0 aromatic carbocycles. The Morgan fingerprint density at radius 2 is 2.50 bits per heavy atom. The van der Waals surface area contributed by atoms with Crippen LogP contribution in [0.15, 0.2) is 4.99 Å². The van der Waals surface area contributed by atoms with E-state index in [0.29, 0.717) is 6.41 Å². The van der Waals surface area contributed by atoms with Crippen LogP contribution in [0, 0.1) is 0 Å². The van der Waals surface area contributed by atoms with Crippen LogP contribution in [-0.4, -0.2) is 19.8 Å². The number of carbonyl (C=O) groups is 1. The molecule has 1 amide bonds. The largest absolute Gasteiger partial charge is 0.379 e. The van der Waals surface area contributed by atoms with Crippen LogP contribution < -0.4 is 5.32 Å². The van der Waals surface area contributed by atoms with Crippen molar-refractivity contribution in [2.45, 2.75) is 0 Å². The number of hydrogen-bond donors (Lipinski definition) is 1. The summed E-state index contributed by atoms with van der Waals surface area (Å²) in [5.74, 6) is 0. The molecule has 34 valence electrons. The molecule has 0 aliphatic rings. The van der Waals surface area contributed by atoms with Crippen molar-refractivity contribution in [2.24, 2.45) is 4.99 Å². The van der Waals surface area contributed by atoms with Gasteiger partial charge in [0.1, 0.15) is 0 Å². The maximum atomic E-state index is 9.33. The summed E-state index contributed by atoms with van der Waals surface area (Å²) in [5.41, 5.74) is 0. The SMILES string of the molecule is CN/C=N\C=O. The van der Waals surface area contributed by atoms with Crippen molar-refractivity contribution in [2.75, 3.05) is 7.05 Å². The van der Waals surface area contributed by atoms with Crippen LogP contribution in [0.3, 0.4) is 0 Å². The van der Waals surface area contributed by atoms with Gasteiger partial charge in [0, 0.05) is 7.05 Å². The average Bonchev–Trinajstić information content (AvgIpc) is 1.61. The molecule has 0 saturated carbocycles. The number of nitrogens with zero attached hydrogens (tertiary/aromatic N) is 1. The summed E-state index contributed by atoms with van der Waals surface area (Å²) in [6.45, 7) is 0. The predicted molar refractivity (Wildman–Crippen MR) is 23.6 cm³/mol. The van der Waals surface area contributed by atoms with Gasteiger partial charge in [-0.25, -0.2) is 4.99 Å². The summed E-state index contributed by atoms with van der Waals surface area (Å²) >= 11 is 0. The molecule has 0 rings (SSSR count). The lowest BCUT2D eigenvalue weighted by atomic mass is 11.1. The molecule has 3 heteroatoms. The van der Waals surface area contributed by atoms with Gasteiger partial charge in [-0.05, 0) is 0 Å². The van der Waals surface area contributed by atoms with Gasteiger partial charge in [0.2, 0.25) is 6.41 Å². The fourth-order valence-corrected chi connectivity index (χ4v) is 0.105. The average molecular weight is 86.1 g/mol. The highest BCUT2D eigenvalue weighted by Crippen LogP contribution is 1.41. The summed E-state index contributed by atoms with van der Waals surface area (Å²) in [6, 6.07) is 0. The minimum absolute atomic E-state index is 0.469. The summed E-state index contributed by atoms with van der Waals surface area (Å²) in [6.07, 6.45) is 1.78. The Balaban J connectivity index is 2.94. The van der Waals surface area contributed by atoms with Crippen molar-refractivity contribution in [1.82, 2.24) is 5.32 Å². The molecule has 0 atom stereocenters. The van der Waals surface area contributed by atoms with Crippen LogP contribution in [0.4, 0.5) is 0 Å². The lowest BCUT2D eigenvalue weighted by Crippen LogP contribution is -1.99. The summed E-state index contributed by atoms with van der Waals surface area (Å²) < 4.78 is 0. The standard InChI is InChI=1S/C3H6N2O/c1-4-2-5-3-6/h2-3H,1H3,(H,4,5,6). The third kappa shape index (κ3) is 3.14. The molecule has 0 unspecified atom stereocenters. The van der Waals surface area contributed by atoms with E-state index >= 15 is 0 Å². The van der Waals surface area contributed by atoms with Crippen molar-refractivity contribution < 1.29 is 4.79 Å². The molecule has 0 heterocycles. The van der Waals surface area contributed by atoms with E-state index in [2.05, 4.69) is 10.3 Å². The fourth-order valence-electron chi connectivity index (χ4n) is 0.105. The summed E-state index contributed by atoms with van der Waals surface area (Å²) in [4.78, 5) is 12.5. The Morgan fingerprint density at radius 1 is 1.83 bits per heavy atom. The van der Waals surface area contributed by atoms with Crippen molar-refractivity contribution in [3.63, 3.8) is 0 Å². The number of aliphatic imine (C=N–C) groups is 1. The van der Waals surface area contributed by atoms with E-state index in [1.165, 1.54) is 6.34 Å². The molecule has 0 aromatic rings. The Kier molecular flexibility index (Phi) is 3.55. The van der Waals surface area contributed by atoms with Gasteiger partial charge >= 0.3 is 0 Å². The highest BCUT2D eigenvalue weighted by molar-refractivity contribution is 5.67. The van der Waals surface area contributed by atoms with E-state index in [1.807, 2.05) is 0 Å². The number of hydrogen-bond acceptors (Lipinski definition) is 1. The van der Waals surface area contributed by atoms with Crippen LogP contribution in [-0.2, 0) is 4.79 Å². The van der Waals surface area contributed by atoms with Crippen molar-refractivity contribution >= 4 is 12.7 Å². The van der Waals surface area contributed by atoms with Gasteiger partial charge in [0.05, 0.1) is 6.34 Å². The second kappa shape index (κ2) is 4.14. The topological polar surface area (TPSA) is 41.5 Å². The number of nitrogens with one attached hydrogen (secondary N) is 1. The zero-order chi connectivity index (χ0) is 4.83. The Hall–Kier alpha value is -0.860. The quantitative estimate of drug-likeness (QED) is 0.277. The van der Waals surface area contributed by atoms with E-state index < -0.39 is 0 Å². The molecule has 0 aliphatic carbocycles. The first-order valence-electron chi connectivity index (χ1n) is 1.54. The van der Waals surface area contributed by atoms with Gasteiger partial charge in [-0.15, -0.1) is 0 Å². The van der Waals surface area contributed by atoms with E-state index in [-0.39, 0.29) is 0 Å². The predicted octanol–water partition coefficient (Wildman–Crippen LogP) is -0.610. The molecule has 3 nitrogen and oxygen atoms in total. The van der Waals surface area contributed by atoms with E-state index in [1.54, 1.807) is 7.05 Å². The maximum Gasteiger partial charge on any atom is 0.234 e. The first-order valence-corrected chi connectivity index (χ1v) is 1.54. The van der Waals surface area contributed by atoms with Gasteiger partial charge in [-0.3, -0.25) is 4.79 Å². The van der Waals surface area contributed by atoms with Crippen LogP contribution in [0.2, 0.25) is 0 Å². The first-order chi connectivity index (χ1) is 2.91. The Bertz CT molecular complexity index is 59.8. The molecule has 6 heavy (non-hydrogen) atoms. The van der Waals surface area contributed by atoms with Crippen molar-refractivity contribution in [3.05, 3.63) is 0 Å². The number of rotatable bonds is 2. The number of amides is 1. The first kappa shape index (κ1) is 5.14. The van der Waals surface area contributed by atoms with Crippen LogP contribution in [0.25, 0.3) is 0 Å². The zero-order valence-electron chi connectivity index (χ0n) is 3.51. The molecule has 0 aromatic heterocycles. The third-order valence-corrected chi connectivity index (χ3v) is 0.264. The highest BCUT2D eigenvalue weighted by atomic mass is 16.1. The van der Waals surface area contributed by atoms with Gasteiger partial charge in [0.25, 0.3) is 0 Å². The van der Waals surface area contributed by atoms with E-state index in [0.717, 1.165) is 0 Å². The molecule has 0 saturated heterocycles. The Labute approximate surface area is 36.1 Å².